The Labute approximate surface area is 204 Å². The van der Waals surface area contributed by atoms with Gasteiger partial charge in [-0.3, -0.25) is 0 Å². The Hall–Kier alpha value is -2.08. The topological polar surface area (TPSA) is 110 Å². The second-order valence-corrected chi connectivity index (χ2v) is 8.52. The van der Waals surface area contributed by atoms with Gasteiger partial charge in [-0.25, -0.2) is 18.5 Å². The SMILES string of the molecule is I.NS(=O)(=O)c1ccc(CN=C(NCCc2ccco2)NCc2ccccc2Cl)cc1. The second-order valence-electron chi connectivity index (χ2n) is 6.55. The van der Waals surface area contributed by atoms with Crippen molar-refractivity contribution in [2.24, 2.45) is 10.1 Å². The summed E-state index contributed by atoms with van der Waals surface area (Å²) in [5, 5.41) is 12.4. The average molecular weight is 575 g/mol. The van der Waals surface area contributed by atoms with Crippen LogP contribution in [-0.2, 0) is 29.5 Å². The van der Waals surface area contributed by atoms with E-state index in [1.165, 1.54) is 12.1 Å². The van der Waals surface area contributed by atoms with Gasteiger partial charge in [-0.15, -0.1) is 24.0 Å². The fourth-order valence-electron chi connectivity index (χ4n) is 2.71. The van der Waals surface area contributed by atoms with E-state index in [-0.39, 0.29) is 28.9 Å². The summed E-state index contributed by atoms with van der Waals surface area (Å²) in [5.41, 5.74) is 1.81. The fourth-order valence-corrected chi connectivity index (χ4v) is 3.43. The van der Waals surface area contributed by atoms with Crippen molar-refractivity contribution in [2.75, 3.05) is 6.54 Å². The van der Waals surface area contributed by atoms with Crippen LogP contribution in [-0.4, -0.2) is 20.9 Å². The molecule has 10 heteroatoms. The first-order chi connectivity index (χ1) is 14.4. The summed E-state index contributed by atoms with van der Waals surface area (Å²) < 4.78 is 28.1. The van der Waals surface area contributed by atoms with Gasteiger partial charge in [-0.2, -0.15) is 0 Å². The van der Waals surface area contributed by atoms with Crippen LogP contribution >= 0.6 is 35.6 Å². The van der Waals surface area contributed by atoms with Crippen molar-refractivity contribution < 1.29 is 12.8 Å². The minimum atomic E-state index is -3.71. The number of benzene rings is 2. The molecule has 7 nitrogen and oxygen atoms in total. The maximum atomic E-state index is 11.4. The van der Waals surface area contributed by atoms with Crippen molar-refractivity contribution in [3.63, 3.8) is 0 Å². The summed E-state index contributed by atoms with van der Waals surface area (Å²) in [4.78, 5) is 4.66. The first kappa shape index (κ1) is 25.2. The van der Waals surface area contributed by atoms with Crippen molar-refractivity contribution in [3.05, 3.63) is 88.8 Å². The van der Waals surface area contributed by atoms with Crippen molar-refractivity contribution >= 4 is 51.6 Å². The molecule has 1 heterocycles. The summed E-state index contributed by atoms with van der Waals surface area (Å²) >= 11 is 6.23. The number of hydrogen-bond acceptors (Lipinski definition) is 4. The lowest BCUT2D eigenvalue weighted by Gasteiger charge is -2.13. The Bertz CT molecular complexity index is 1090. The summed E-state index contributed by atoms with van der Waals surface area (Å²) in [6.45, 7) is 1.51. The summed E-state index contributed by atoms with van der Waals surface area (Å²) in [6.07, 6.45) is 2.36. The van der Waals surface area contributed by atoms with E-state index in [1.807, 2.05) is 36.4 Å². The van der Waals surface area contributed by atoms with Crippen molar-refractivity contribution in [1.29, 1.82) is 0 Å². The van der Waals surface area contributed by atoms with Gasteiger partial charge in [0, 0.05) is 24.5 Å². The third-order valence-electron chi connectivity index (χ3n) is 4.32. The van der Waals surface area contributed by atoms with Crippen LogP contribution in [0.5, 0.6) is 0 Å². The number of aliphatic imine (C=N–C) groups is 1. The number of rotatable bonds is 8. The molecular weight excluding hydrogens is 551 g/mol. The summed E-state index contributed by atoms with van der Waals surface area (Å²) in [5.74, 6) is 1.49. The fraction of sp³-hybridized carbons (Fsp3) is 0.190. The van der Waals surface area contributed by atoms with Gasteiger partial charge >= 0.3 is 0 Å². The van der Waals surface area contributed by atoms with Gasteiger partial charge in [-0.1, -0.05) is 41.9 Å². The zero-order valence-electron chi connectivity index (χ0n) is 16.6. The molecular formula is C21H24ClIN4O3S. The molecule has 0 saturated carbocycles. The van der Waals surface area contributed by atoms with Gasteiger partial charge in [0.2, 0.25) is 10.0 Å². The molecule has 0 bridgehead atoms. The van der Waals surface area contributed by atoms with Crippen molar-refractivity contribution in [3.8, 4) is 0 Å². The molecule has 0 unspecified atom stereocenters. The molecule has 0 aliphatic heterocycles. The van der Waals surface area contributed by atoms with Gasteiger partial charge in [0.05, 0.1) is 17.7 Å². The maximum Gasteiger partial charge on any atom is 0.238 e. The largest absolute Gasteiger partial charge is 0.469 e. The third-order valence-corrected chi connectivity index (χ3v) is 5.62. The Balaban J connectivity index is 0.00000341. The first-order valence-electron chi connectivity index (χ1n) is 9.31. The van der Waals surface area contributed by atoms with Crippen LogP contribution in [0.15, 0.2) is 81.2 Å². The van der Waals surface area contributed by atoms with E-state index in [0.717, 1.165) is 16.9 Å². The molecule has 3 aromatic rings. The highest BCUT2D eigenvalue weighted by Gasteiger charge is 2.07. The molecule has 0 amide bonds. The molecule has 2 aromatic carbocycles. The lowest BCUT2D eigenvalue weighted by molar-refractivity contribution is 0.506. The third kappa shape index (κ3) is 8.17. The van der Waals surface area contributed by atoms with Crippen molar-refractivity contribution in [2.45, 2.75) is 24.4 Å². The second kappa shape index (κ2) is 12.1. The Morgan fingerprint density at radius 1 is 1.03 bits per heavy atom. The molecule has 1 aromatic heterocycles. The van der Waals surface area contributed by atoms with E-state index < -0.39 is 10.0 Å². The Morgan fingerprint density at radius 2 is 1.77 bits per heavy atom. The molecule has 0 radical (unpaired) electrons. The van der Waals surface area contributed by atoms with E-state index in [4.69, 9.17) is 21.2 Å². The monoisotopic (exact) mass is 574 g/mol. The molecule has 0 spiro atoms. The van der Waals surface area contributed by atoms with Gasteiger partial charge in [0.25, 0.3) is 0 Å². The molecule has 4 N–H and O–H groups in total. The molecule has 0 aliphatic rings. The quantitative estimate of drug-likeness (QED) is 0.216. The summed E-state index contributed by atoms with van der Waals surface area (Å²) in [6, 6.07) is 17.7. The number of primary sulfonamides is 1. The van der Waals surface area contributed by atoms with E-state index in [1.54, 1.807) is 18.4 Å². The first-order valence-corrected chi connectivity index (χ1v) is 11.2. The minimum Gasteiger partial charge on any atom is -0.469 e. The van der Waals surface area contributed by atoms with E-state index in [2.05, 4.69) is 15.6 Å². The highest BCUT2D eigenvalue weighted by molar-refractivity contribution is 14.0. The Morgan fingerprint density at radius 3 is 2.42 bits per heavy atom. The van der Waals surface area contributed by atoms with Crippen LogP contribution in [0.1, 0.15) is 16.9 Å². The van der Waals surface area contributed by atoms with Crippen LogP contribution in [0.25, 0.3) is 0 Å². The van der Waals surface area contributed by atoms with Gasteiger partial charge in [0.1, 0.15) is 5.76 Å². The average Bonchev–Trinajstić information content (AvgIpc) is 3.24. The molecule has 166 valence electrons. The predicted octanol–water partition coefficient (Wildman–Crippen LogP) is 3.68. The molecule has 0 saturated heterocycles. The zero-order chi connectivity index (χ0) is 21.4. The highest BCUT2D eigenvalue weighted by atomic mass is 127. The molecule has 31 heavy (non-hydrogen) atoms. The molecule has 3 rings (SSSR count). The lowest BCUT2D eigenvalue weighted by atomic mass is 10.2. The van der Waals surface area contributed by atoms with Crippen LogP contribution in [0.3, 0.4) is 0 Å². The predicted molar refractivity (Wildman–Crippen MR) is 133 cm³/mol. The molecule has 0 aliphatic carbocycles. The van der Waals surface area contributed by atoms with Gasteiger partial charge in [-0.05, 0) is 41.5 Å². The number of sulfonamides is 1. The van der Waals surface area contributed by atoms with Crippen LogP contribution in [0, 0.1) is 0 Å². The van der Waals surface area contributed by atoms with E-state index in [0.29, 0.717) is 37.0 Å². The van der Waals surface area contributed by atoms with Gasteiger partial charge < -0.3 is 15.1 Å². The minimum absolute atomic E-state index is 0. The number of nitrogens with zero attached hydrogens (tertiary/aromatic N) is 1. The maximum absolute atomic E-state index is 11.4. The number of nitrogens with one attached hydrogen (secondary N) is 2. The summed E-state index contributed by atoms with van der Waals surface area (Å²) in [7, 11) is -3.71. The van der Waals surface area contributed by atoms with Crippen LogP contribution in [0.2, 0.25) is 5.02 Å². The van der Waals surface area contributed by atoms with E-state index in [9.17, 15) is 8.42 Å². The van der Waals surface area contributed by atoms with Gasteiger partial charge in [0.15, 0.2) is 5.96 Å². The van der Waals surface area contributed by atoms with Crippen LogP contribution in [0.4, 0.5) is 0 Å². The lowest BCUT2D eigenvalue weighted by Crippen LogP contribution is -2.38. The number of guanidine groups is 1. The number of halogens is 2. The zero-order valence-corrected chi connectivity index (χ0v) is 20.5. The Kier molecular flexibility index (Phi) is 9.82. The number of nitrogens with two attached hydrogens (primary N) is 1. The van der Waals surface area contributed by atoms with Crippen molar-refractivity contribution in [1.82, 2.24) is 10.6 Å². The highest BCUT2D eigenvalue weighted by Crippen LogP contribution is 2.14. The molecule has 0 atom stereocenters. The standard InChI is InChI=1S/C21H23ClN4O3S.HI/c22-20-6-2-1-4-17(20)15-26-21(24-12-11-18-5-3-13-29-18)25-14-16-7-9-19(10-8-16)30(23,27)28;/h1-10,13H,11-12,14-15H2,(H2,23,27,28)(H2,24,25,26);1H. The normalized spacial score (nSPS) is 11.6. The van der Waals surface area contributed by atoms with E-state index >= 15 is 0 Å². The smallest absolute Gasteiger partial charge is 0.238 e. The number of furan rings is 1. The molecule has 0 fully saturated rings. The van der Waals surface area contributed by atoms with Crippen LogP contribution < -0.4 is 15.8 Å². The number of hydrogen-bond donors (Lipinski definition) is 3.